The molecule has 1 saturated heterocycles. The van der Waals surface area contributed by atoms with Gasteiger partial charge in [-0.1, -0.05) is 35.9 Å². The fourth-order valence-corrected chi connectivity index (χ4v) is 4.39. The summed E-state index contributed by atoms with van der Waals surface area (Å²) in [5, 5.41) is 4.85. The van der Waals surface area contributed by atoms with Crippen molar-refractivity contribution in [2.75, 3.05) is 4.90 Å². The molecule has 0 saturated carbocycles. The van der Waals surface area contributed by atoms with Crippen LogP contribution in [0.3, 0.4) is 0 Å². The first kappa shape index (κ1) is 18.9. The molecule has 1 fully saturated rings. The van der Waals surface area contributed by atoms with Gasteiger partial charge in [0.1, 0.15) is 0 Å². The van der Waals surface area contributed by atoms with Crippen molar-refractivity contribution in [3.8, 4) is 5.69 Å². The van der Waals surface area contributed by atoms with Crippen molar-refractivity contribution in [3.63, 3.8) is 0 Å². The first-order valence-electron chi connectivity index (χ1n) is 9.70. The first-order chi connectivity index (χ1) is 14.7. The maximum absolute atomic E-state index is 6.12. The van der Waals surface area contributed by atoms with Crippen LogP contribution in [0.4, 0.5) is 5.69 Å². The van der Waals surface area contributed by atoms with Crippen LogP contribution < -0.4 is 10.2 Å². The third-order valence-corrected chi connectivity index (χ3v) is 5.88. The van der Waals surface area contributed by atoms with Crippen LogP contribution >= 0.6 is 23.8 Å². The highest BCUT2D eigenvalue weighted by atomic mass is 35.5. The topological polar surface area (TPSA) is 33.1 Å². The quantitative estimate of drug-likeness (QED) is 0.421. The molecule has 30 heavy (non-hydrogen) atoms. The van der Waals surface area contributed by atoms with E-state index in [1.165, 1.54) is 0 Å². The molecular weight excluding hydrogens is 412 g/mol. The number of thiocarbonyl (C=S) groups is 1. The van der Waals surface area contributed by atoms with Crippen molar-refractivity contribution in [1.82, 2.24) is 14.9 Å². The summed E-state index contributed by atoms with van der Waals surface area (Å²) in [6, 6.07) is 26.1. The van der Waals surface area contributed by atoms with E-state index in [1.54, 1.807) is 0 Å². The van der Waals surface area contributed by atoms with E-state index >= 15 is 0 Å². The number of aromatic nitrogens is 2. The summed E-state index contributed by atoms with van der Waals surface area (Å²) in [5.41, 5.74) is 4.21. The van der Waals surface area contributed by atoms with E-state index in [9.17, 15) is 0 Å². The Morgan fingerprint density at radius 1 is 0.867 bits per heavy atom. The Kier molecular flexibility index (Phi) is 4.99. The van der Waals surface area contributed by atoms with E-state index in [-0.39, 0.29) is 12.1 Å². The van der Waals surface area contributed by atoms with Gasteiger partial charge in [-0.3, -0.25) is 4.98 Å². The zero-order valence-corrected chi connectivity index (χ0v) is 17.6. The maximum atomic E-state index is 6.12. The Morgan fingerprint density at radius 3 is 2.37 bits per heavy atom. The molecule has 0 amide bonds. The average Bonchev–Trinajstić information content (AvgIpc) is 3.40. The second kappa shape index (κ2) is 7.94. The number of anilines is 1. The fraction of sp³-hybridized carbons (Fsp3) is 0.0833. The van der Waals surface area contributed by atoms with Gasteiger partial charge in [0.25, 0.3) is 0 Å². The van der Waals surface area contributed by atoms with Gasteiger partial charge >= 0.3 is 0 Å². The van der Waals surface area contributed by atoms with Crippen LogP contribution in [0.25, 0.3) is 5.69 Å². The molecule has 5 rings (SSSR count). The van der Waals surface area contributed by atoms with E-state index in [0.29, 0.717) is 10.1 Å². The molecule has 4 nitrogen and oxygen atoms in total. The normalized spacial score (nSPS) is 18.4. The van der Waals surface area contributed by atoms with Gasteiger partial charge < -0.3 is 14.8 Å². The molecule has 0 bridgehead atoms. The lowest BCUT2D eigenvalue weighted by molar-refractivity contribution is 0.568. The number of hydrogen-bond acceptors (Lipinski definition) is 2. The fourth-order valence-electron chi connectivity index (χ4n) is 3.92. The van der Waals surface area contributed by atoms with Crippen molar-refractivity contribution in [2.45, 2.75) is 12.1 Å². The van der Waals surface area contributed by atoms with Gasteiger partial charge in [0.15, 0.2) is 5.11 Å². The number of nitrogens with one attached hydrogen (secondary N) is 1. The second-order valence-electron chi connectivity index (χ2n) is 7.16. The highest BCUT2D eigenvalue weighted by Crippen LogP contribution is 2.41. The number of halogens is 1. The van der Waals surface area contributed by atoms with Gasteiger partial charge in [0.05, 0.1) is 17.8 Å². The molecule has 1 aliphatic rings. The number of benzene rings is 2. The molecule has 0 aliphatic carbocycles. The Bertz CT molecular complexity index is 1160. The predicted molar refractivity (Wildman–Crippen MR) is 125 cm³/mol. The molecule has 0 radical (unpaired) electrons. The molecule has 0 unspecified atom stereocenters. The monoisotopic (exact) mass is 430 g/mol. The summed E-state index contributed by atoms with van der Waals surface area (Å²) in [4.78, 5) is 6.75. The molecule has 1 aliphatic heterocycles. The van der Waals surface area contributed by atoms with Gasteiger partial charge in [-0.2, -0.15) is 0 Å². The van der Waals surface area contributed by atoms with Crippen LogP contribution in [0.5, 0.6) is 0 Å². The van der Waals surface area contributed by atoms with Gasteiger partial charge in [-0.15, -0.1) is 0 Å². The second-order valence-corrected chi connectivity index (χ2v) is 7.98. The first-order valence-corrected chi connectivity index (χ1v) is 10.5. The Labute approximate surface area is 185 Å². The number of pyridine rings is 1. The minimum Gasteiger partial charge on any atom is -0.351 e. The summed E-state index contributed by atoms with van der Waals surface area (Å²) in [5.74, 6) is 0. The van der Waals surface area contributed by atoms with Crippen molar-refractivity contribution >= 4 is 34.6 Å². The van der Waals surface area contributed by atoms with E-state index < -0.39 is 0 Å². The molecule has 6 heteroatoms. The average molecular weight is 431 g/mol. The van der Waals surface area contributed by atoms with Gasteiger partial charge in [-0.25, -0.2) is 0 Å². The SMILES string of the molecule is S=C1N[C@@H](c2ccccn2)[C@@H](c2ccn(-c3ccccc3)c2)N1c1ccc(Cl)cc1. The minimum absolute atomic E-state index is 0.0430. The zero-order chi connectivity index (χ0) is 20.5. The molecule has 1 N–H and O–H groups in total. The van der Waals surface area contributed by atoms with Gasteiger partial charge in [0.2, 0.25) is 0 Å². The van der Waals surface area contributed by atoms with Gasteiger partial charge in [-0.05, 0) is 72.4 Å². The Hall–Kier alpha value is -3.15. The minimum atomic E-state index is -0.0685. The lowest BCUT2D eigenvalue weighted by Crippen LogP contribution is -2.29. The van der Waals surface area contributed by atoms with Crippen molar-refractivity contribution in [3.05, 3.63) is 114 Å². The molecule has 2 aromatic carbocycles. The highest BCUT2D eigenvalue weighted by Gasteiger charge is 2.41. The highest BCUT2D eigenvalue weighted by molar-refractivity contribution is 7.80. The van der Waals surface area contributed by atoms with E-state index in [1.807, 2.05) is 66.9 Å². The summed E-state index contributed by atoms with van der Waals surface area (Å²) in [6.07, 6.45) is 6.06. The molecular formula is C24H19ClN4S. The maximum Gasteiger partial charge on any atom is 0.174 e. The van der Waals surface area contributed by atoms with Crippen molar-refractivity contribution in [2.24, 2.45) is 0 Å². The van der Waals surface area contributed by atoms with Crippen LogP contribution in [-0.4, -0.2) is 14.7 Å². The molecule has 2 atom stereocenters. The van der Waals surface area contributed by atoms with Crippen LogP contribution in [0, 0.1) is 0 Å². The smallest absolute Gasteiger partial charge is 0.174 e. The predicted octanol–water partition coefficient (Wildman–Crippen LogP) is 5.70. The van der Waals surface area contributed by atoms with E-state index in [2.05, 4.69) is 50.4 Å². The van der Waals surface area contributed by atoms with Gasteiger partial charge in [0, 0.05) is 35.0 Å². The lowest BCUT2D eigenvalue weighted by Gasteiger charge is -2.27. The molecule has 4 aromatic rings. The van der Waals surface area contributed by atoms with Crippen LogP contribution in [-0.2, 0) is 0 Å². The number of rotatable bonds is 4. The summed E-state index contributed by atoms with van der Waals surface area (Å²) in [7, 11) is 0. The number of hydrogen-bond donors (Lipinski definition) is 1. The zero-order valence-electron chi connectivity index (χ0n) is 16.0. The Balaban J connectivity index is 1.60. The standard InChI is InChI=1S/C24H19ClN4S/c25-18-9-11-20(12-10-18)29-23(22(27-24(29)30)21-8-4-5-14-26-21)17-13-15-28(16-17)19-6-2-1-3-7-19/h1-16,22-23H,(H,27,30)/t22-,23+/m0/s1. The van der Waals surface area contributed by atoms with Crippen molar-refractivity contribution < 1.29 is 0 Å². The molecule has 148 valence electrons. The molecule has 0 spiro atoms. The summed E-state index contributed by atoms with van der Waals surface area (Å²) in [6.45, 7) is 0. The summed E-state index contributed by atoms with van der Waals surface area (Å²) < 4.78 is 2.13. The van der Waals surface area contributed by atoms with Crippen molar-refractivity contribution in [1.29, 1.82) is 0 Å². The largest absolute Gasteiger partial charge is 0.351 e. The number of para-hydroxylation sites is 1. The lowest BCUT2D eigenvalue weighted by atomic mass is 9.98. The summed E-state index contributed by atoms with van der Waals surface area (Å²) >= 11 is 11.9. The van der Waals surface area contributed by atoms with Crippen LogP contribution in [0.2, 0.25) is 5.02 Å². The Morgan fingerprint density at radius 2 is 1.63 bits per heavy atom. The van der Waals surface area contributed by atoms with Crippen LogP contribution in [0.1, 0.15) is 23.3 Å². The molecule has 2 aromatic heterocycles. The third kappa shape index (κ3) is 3.47. The van der Waals surface area contributed by atoms with E-state index in [0.717, 1.165) is 22.6 Å². The molecule has 3 heterocycles. The van der Waals surface area contributed by atoms with E-state index in [4.69, 9.17) is 23.8 Å². The third-order valence-electron chi connectivity index (χ3n) is 5.31. The number of nitrogens with zero attached hydrogens (tertiary/aromatic N) is 3. The van der Waals surface area contributed by atoms with Crippen LogP contribution in [0.15, 0.2) is 97.5 Å².